The van der Waals surface area contributed by atoms with Gasteiger partial charge in [0, 0.05) is 26.2 Å². The molecule has 150 valence electrons. The summed E-state index contributed by atoms with van der Waals surface area (Å²) in [6, 6.07) is -1.24. The maximum absolute atomic E-state index is 12.5. The Kier molecular flexibility index (Phi) is 7.96. The van der Waals surface area contributed by atoms with Gasteiger partial charge in [0.05, 0.1) is 19.0 Å². The highest BCUT2D eigenvalue weighted by molar-refractivity contribution is 5.88. The predicted molar refractivity (Wildman–Crippen MR) is 98.4 cm³/mol. The molecule has 2 rings (SSSR count). The number of hydrogen-bond acceptors (Lipinski definition) is 7. The second-order valence-corrected chi connectivity index (χ2v) is 6.51. The fourth-order valence-corrected chi connectivity index (χ4v) is 3.01. The molecule has 0 saturated carbocycles. The van der Waals surface area contributed by atoms with Crippen LogP contribution in [-0.2, 0) is 23.9 Å². The lowest BCUT2D eigenvalue weighted by Gasteiger charge is -2.25. The number of rotatable bonds is 9. The number of carbonyl (C=O) groups excluding carboxylic acids is 3. The summed E-state index contributed by atoms with van der Waals surface area (Å²) in [6.45, 7) is 7.19. The molecule has 1 fully saturated rings. The molecule has 1 saturated heterocycles. The minimum atomic E-state index is -0.799. The van der Waals surface area contributed by atoms with Crippen LogP contribution in [0.1, 0.15) is 19.8 Å². The average Bonchev–Trinajstić information content (AvgIpc) is 2.90. The number of cyclic esters (lactones) is 1. The van der Waals surface area contributed by atoms with Gasteiger partial charge >= 0.3 is 5.97 Å². The topological polar surface area (TPSA) is 123 Å². The smallest absolute Gasteiger partial charge is 0.310 e. The minimum absolute atomic E-state index is 0.0422. The van der Waals surface area contributed by atoms with Crippen LogP contribution in [0.3, 0.4) is 0 Å². The maximum Gasteiger partial charge on any atom is 0.310 e. The maximum atomic E-state index is 12.5. The first-order valence-corrected chi connectivity index (χ1v) is 9.08. The predicted octanol–water partition coefficient (Wildman–Crippen LogP) is -0.958. The van der Waals surface area contributed by atoms with Crippen molar-refractivity contribution in [1.82, 2.24) is 15.5 Å². The molecule has 0 bridgehead atoms. The van der Waals surface area contributed by atoms with Crippen LogP contribution in [0, 0.1) is 0 Å². The van der Waals surface area contributed by atoms with E-state index >= 15 is 0 Å². The summed E-state index contributed by atoms with van der Waals surface area (Å²) in [4.78, 5) is 37.8. The van der Waals surface area contributed by atoms with E-state index in [9.17, 15) is 14.4 Å². The molecule has 0 spiro atoms. The monoisotopic (exact) mass is 380 g/mol. The van der Waals surface area contributed by atoms with Crippen LogP contribution < -0.4 is 16.4 Å². The number of nitrogens with one attached hydrogen (secondary N) is 2. The van der Waals surface area contributed by atoms with Crippen LogP contribution in [0.2, 0.25) is 0 Å². The molecule has 2 heterocycles. The van der Waals surface area contributed by atoms with E-state index in [4.69, 9.17) is 15.2 Å². The first-order valence-electron chi connectivity index (χ1n) is 9.08. The minimum Gasteiger partial charge on any atom is -0.433 e. The molecule has 0 aliphatic carbocycles. The van der Waals surface area contributed by atoms with E-state index in [2.05, 4.69) is 17.2 Å². The molecule has 0 aromatic carbocycles. The van der Waals surface area contributed by atoms with Crippen molar-refractivity contribution in [2.24, 2.45) is 5.73 Å². The van der Waals surface area contributed by atoms with E-state index in [0.717, 1.165) is 5.57 Å². The molecule has 2 aliphatic heterocycles. The SMILES string of the molecule is C=CCNCC1=CCC(N)C(=O)N(CC(=O)NC2CC(=O)OC2OCC)C1. The molecule has 2 aliphatic rings. The van der Waals surface area contributed by atoms with Crippen molar-refractivity contribution in [3.05, 3.63) is 24.3 Å². The Hall–Kier alpha value is -2.23. The zero-order chi connectivity index (χ0) is 19.8. The van der Waals surface area contributed by atoms with Gasteiger partial charge in [-0.15, -0.1) is 6.58 Å². The van der Waals surface area contributed by atoms with Gasteiger partial charge < -0.3 is 30.7 Å². The lowest BCUT2D eigenvalue weighted by Crippen LogP contribution is -2.50. The number of nitrogens with two attached hydrogens (primary N) is 1. The molecule has 9 nitrogen and oxygen atoms in total. The van der Waals surface area contributed by atoms with Gasteiger partial charge in [0.25, 0.3) is 0 Å². The van der Waals surface area contributed by atoms with Crippen molar-refractivity contribution in [2.45, 2.75) is 38.1 Å². The van der Waals surface area contributed by atoms with Gasteiger partial charge in [-0.1, -0.05) is 12.2 Å². The Labute approximate surface area is 158 Å². The van der Waals surface area contributed by atoms with Crippen molar-refractivity contribution < 1.29 is 23.9 Å². The summed E-state index contributed by atoms with van der Waals surface area (Å²) in [5.41, 5.74) is 6.90. The summed E-state index contributed by atoms with van der Waals surface area (Å²) in [6.07, 6.45) is 3.36. The van der Waals surface area contributed by atoms with Gasteiger partial charge in [0.2, 0.25) is 18.1 Å². The Morgan fingerprint density at radius 2 is 2.30 bits per heavy atom. The summed E-state index contributed by atoms with van der Waals surface area (Å²) in [7, 11) is 0. The fraction of sp³-hybridized carbons (Fsp3) is 0.611. The third-order valence-corrected chi connectivity index (χ3v) is 4.30. The van der Waals surface area contributed by atoms with Gasteiger partial charge in [-0.2, -0.15) is 0 Å². The highest BCUT2D eigenvalue weighted by Gasteiger charge is 2.37. The number of ether oxygens (including phenoxy) is 2. The summed E-state index contributed by atoms with van der Waals surface area (Å²) in [5.74, 6) is -1.09. The van der Waals surface area contributed by atoms with Gasteiger partial charge in [-0.25, -0.2) is 0 Å². The first-order chi connectivity index (χ1) is 12.9. The standard InChI is InChI=1S/C18H28N4O5/c1-3-7-20-9-12-5-6-13(19)17(25)22(10-12)11-15(23)21-14-8-16(24)27-18(14)26-4-2/h3,5,13-14,18,20H,1,4,6-11,19H2,2H3,(H,21,23). The van der Waals surface area contributed by atoms with Crippen LogP contribution in [0.15, 0.2) is 24.3 Å². The number of carbonyl (C=O) groups is 3. The van der Waals surface area contributed by atoms with Crippen molar-refractivity contribution >= 4 is 17.8 Å². The molecule has 4 N–H and O–H groups in total. The van der Waals surface area contributed by atoms with E-state index in [1.807, 2.05) is 6.08 Å². The number of amides is 2. The van der Waals surface area contributed by atoms with Crippen molar-refractivity contribution in [1.29, 1.82) is 0 Å². The molecule has 0 aromatic rings. The van der Waals surface area contributed by atoms with Gasteiger partial charge in [-0.3, -0.25) is 14.4 Å². The third kappa shape index (κ3) is 6.16. The Morgan fingerprint density at radius 1 is 1.52 bits per heavy atom. The first kappa shape index (κ1) is 21.1. The normalized spacial score (nSPS) is 25.6. The van der Waals surface area contributed by atoms with Crippen LogP contribution in [0.4, 0.5) is 0 Å². The molecule has 0 aromatic heterocycles. The fourth-order valence-electron chi connectivity index (χ4n) is 3.01. The number of nitrogens with zero attached hydrogens (tertiary/aromatic N) is 1. The molecule has 3 unspecified atom stereocenters. The van der Waals surface area contributed by atoms with E-state index < -0.39 is 24.3 Å². The van der Waals surface area contributed by atoms with Crippen LogP contribution in [-0.4, -0.2) is 73.8 Å². The lowest BCUT2D eigenvalue weighted by atomic mass is 10.2. The van der Waals surface area contributed by atoms with Gasteiger partial charge in [0.15, 0.2) is 0 Å². The zero-order valence-electron chi connectivity index (χ0n) is 15.6. The Balaban J connectivity index is 1.95. The number of esters is 1. The summed E-state index contributed by atoms with van der Waals surface area (Å²) in [5, 5.41) is 5.90. The Morgan fingerprint density at radius 3 is 3.00 bits per heavy atom. The largest absolute Gasteiger partial charge is 0.433 e. The Bertz CT molecular complexity index is 607. The van der Waals surface area contributed by atoms with Crippen LogP contribution in [0.25, 0.3) is 0 Å². The average molecular weight is 380 g/mol. The molecule has 3 atom stereocenters. The number of hydrogen-bond donors (Lipinski definition) is 3. The lowest BCUT2D eigenvalue weighted by molar-refractivity contribution is -0.164. The molecular formula is C18H28N4O5. The van der Waals surface area contributed by atoms with Gasteiger partial charge in [-0.05, 0) is 18.9 Å². The highest BCUT2D eigenvalue weighted by Crippen LogP contribution is 2.16. The third-order valence-electron chi connectivity index (χ3n) is 4.30. The highest BCUT2D eigenvalue weighted by atomic mass is 16.7. The molecule has 0 radical (unpaired) electrons. The van der Waals surface area contributed by atoms with Crippen molar-refractivity contribution in [2.75, 3.05) is 32.8 Å². The second-order valence-electron chi connectivity index (χ2n) is 6.51. The van der Waals surface area contributed by atoms with Gasteiger partial charge in [0.1, 0.15) is 6.04 Å². The van der Waals surface area contributed by atoms with E-state index in [1.165, 1.54) is 4.90 Å². The summed E-state index contributed by atoms with van der Waals surface area (Å²) >= 11 is 0. The molecular weight excluding hydrogens is 352 g/mol. The van der Waals surface area contributed by atoms with E-state index in [0.29, 0.717) is 32.7 Å². The second kappa shape index (κ2) is 10.2. The quantitative estimate of drug-likeness (QED) is 0.267. The van der Waals surface area contributed by atoms with Crippen LogP contribution in [0.5, 0.6) is 0 Å². The van der Waals surface area contributed by atoms with E-state index in [1.54, 1.807) is 13.0 Å². The molecule has 2 amide bonds. The van der Waals surface area contributed by atoms with Crippen molar-refractivity contribution in [3.8, 4) is 0 Å². The van der Waals surface area contributed by atoms with Crippen molar-refractivity contribution in [3.63, 3.8) is 0 Å². The molecule has 9 heteroatoms. The van der Waals surface area contributed by atoms with Crippen LogP contribution >= 0.6 is 0 Å². The van der Waals surface area contributed by atoms with E-state index in [-0.39, 0.29) is 24.8 Å². The zero-order valence-corrected chi connectivity index (χ0v) is 15.6. The summed E-state index contributed by atoms with van der Waals surface area (Å²) < 4.78 is 10.4. The molecule has 27 heavy (non-hydrogen) atoms.